The summed E-state index contributed by atoms with van der Waals surface area (Å²) in [5.74, 6) is -3.49. The highest BCUT2D eigenvalue weighted by atomic mass is 35.5. The number of halogens is 2. The Kier molecular flexibility index (Phi) is 24.4. The van der Waals surface area contributed by atoms with Crippen LogP contribution in [0.25, 0.3) is 0 Å². The van der Waals surface area contributed by atoms with Gasteiger partial charge in [-0.25, -0.2) is 19.2 Å². The number of hydrogen-bond acceptors (Lipinski definition) is 16. The van der Waals surface area contributed by atoms with Crippen LogP contribution in [0.4, 0.5) is 9.59 Å². The second-order valence-electron chi connectivity index (χ2n) is 26.5. The van der Waals surface area contributed by atoms with Crippen LogP contribution in [-0.2, 0) is 57.4 Å². The van der Waals surface area contributed by atoms with Gasteiger partial charge in [0.1, 0.15) is 46.4 Å². The predicted molar refractivity (Wildman–Crippen MR) is 351 cm³/mol. The van der Waals surface area contributed by atoms with Gasteiger partial charge < -0.3 is 59.7 Å². The number of methoxy groups -OCH3 is 2. The quantitative estimate of drug-likeness (QED) is 0.0527. The molecule has 0 aromatic heterocycles. The monoisotopic (exact) mass is 1320 g/mol. The van der Waals surface area contributed by atoms with Crippen molar-refractivity contribution >= 4 is 82.4 Å². The number of nitrogens with one attached hydrogen (secondary N) is 4. The third kappa shape index (κ3) is 17.8. The van der Waals surface area contributed by atoms with Crippen molar-refractivity contribution in [1.82, 2.24) is 31.1 Å². The average Bonchev–Trinajstić information content (AvgIpc) is 1.59. The third-order valence-corrected chi connectivity index (χ3v) is 17.7. The smallest absolute Gasteiger partial charge is 0.408 e. The van der Waals surface area contributed by atoms with Gasteiger partial charge in [0.25, 0.3) is 0 Å². The Labute approximate surface area is 551 Å². The van der Waals surface area contributed by atoms with Crippen LogP contribution in [0.3, 0.4) is 0 Å². The number of unbranched alkanes of at least 4 members (excludes halogenated alkanes) is 3. The van der Waals surface area contributed by atoms with E-state index in [0.717, 1.165) is 49.7 Å². The minimum Gasteiger partial charge on any atom is -0.467 e. The van der Waals surface area contributed by atoms with Crippen LogP contribution in [0.5, 0.6) is 0 Å². The van der Waals surface area contributed by atoms with E-state index in [0.29, 0.717) is 72.8 Å². The first-order valence-corrected chi connectivity index (χ1v) is 31.7. The molecule has 2 aromatic carbocycles. The van der Waals surface area contributed by atoms with E-state index in [9.17, 15) is 38.4 Å². The highest BCUT2D eigenvalue weighted by Gasteiger charge is 2.65. The lowest BCUT2D eigenvalue weighted by atomic mass is 9.91. The zero-order valence-electron chi connectivity index (χ0n) is 52.8. The number of hydrogen-bond donors (Lipinski definition) is 4. The van der Waals surface area contributed by atoms with Gasteiger partial charge >= 0.3 is 24.1 Å². The molecule has 4 N–H and O–H groups in total. The molecular formula is C68H94Cl2N8O14. The minimum atomic E-state index is -1.25. The van der Waals surface area contributed by atoms with Crippen molar-refractivity contribution < 1.29 is 67.0 Å². The van der Waals surface area contributed by atoms with E-state index in [1.165, 1.54) is 24.0 Å². The molecule has 24 heteroatoms. The van der Waals surface area contributed by atoms with Gasteiger partial charge in [-0.05, 0) is 117 Å². The molecule has 92 heavy (non-hydrogen) atoms. The topological polar surface area (TPSA) is 271 Å². The van der Waals surface area contributed by atoms with Crippen LogP contribution >= 0.6 is 23.2 Å². The Balaban J connectivity index is 0.000000286. The number of carbonyl (C=O) groups excluding carboxylic acids is 8. The normalized spacial score (nSPS) is 27.8. The molecule has 2 saturated heterocycles. The molecule has 5 aliphatic heterocycles. The SMILES string of the molecule is C.C.C=CCCCCC[C@H](NC(=O)OC(C)(C)C)C(=O)N1C[C@@]2(CC(c3cccc(Cl)c3)=NO2)C[C@H]1C(=O)N[C@]1(C(=O)OC)C[C@H]1C=C.COC(=O)[C@@]12C[C@H]1/C=C\CCCCC[C@H](NC(=O)OC(C)(C)C)C(=O)N1C[C@@]3(CC(c4cccc(Cl)c4)=NO3)C[C@H]1C(=O)N2. The van der Waals surface area contributed by atoms with Gasteiger partial charge in [0, 0.05) is 58.7 Å². The van der Waals surface area contributed by atoms with Crippen molar-refractivity contribution in [2.45, 2.75) is 217 Å². The lowest BCUT2D eigenvalue weighted by molar-refractivity contribution is -0.148. The van der Waals surface area contributed by atoms with E-state index in [1.807, 2.05) is 42.5 Å². The van der Waals surface area contributed by atoms with E-state index in [1.54, 1.807) is 71.9 Å². The van der Waals surface area contributed by atoms with Crippen LogP contribution in [0.1, 0.15) is 170 Å². The molecule has 7 aliphatic rings. The Morgan fingerprint density at radius 1 is 0.783 bits per heavy atom. The van der Waals surface area contributed by atoms with Crippen LogP contribution in [0.2, 0.25) is 10.0 Å². The van der Waals surface area contributed by atoms with Gasteiger partial charge in [0.05, 0.1) is 38.7 Å². The fourth-order valence-corrected chi connectivity index (χ4v) is 12.9. The summed E-state index contributed by atoms with van der Waals surface area (Å²) in [6, 6.07) is 10.6. The van der Waals surface area contributed by atoms with Crippen molar-refractivity contribution in [3.63, 3.8) is 0 Å². The summed E-state index contributed by atoms with van der Waals surface area (Å²) in [5.41, 5.74) is -3.10. The first-order valence-electron chi connectivity index (χ1n) is 30.9. The van der Waals surface area contributed by atoms with E-state index < -0.39 is 105 Å². The van der Waals surface area contributed by atoms with Crippen molar-refractivity contribution in [2.75, 3.05) is 27.3 Å². The summed E-state index contributed by atoms with van der Waals surface area (Å²) in [5, 5.41) is 21.1. The molecule has 0 radical (unpaired) electrons. The summed E-state index contributed by atoms with van der Waals surface area (Å²) in [4.78, 5) is 123. The number of likely N-dealkylation sites (tertiary alicyclic amines) is 1. The zero-order valence-corrected chi connectivity index (χ0v) is 54.3. The number of fused-ring (bicyclic) bond motifs is 2. The van der Waals surface area contributed by atoms with Crippen molar-refractivity contribution in [3.8, 4) is 0 Å². The molecule has 2 spiro atoms. The van der Waals surface area contributed by atoms with Crippen molar-refractivity contribution in [1.29, 1.82) is 0 Å². The maximum atomic E-state index is 14.4. The number of benzene rings is 2. The molecule has 504 valence electrons. The molecule has 6 amide bonds. The molecule has 2 aromatic rings. The van der Waals surface area contributed by atoms with Crippen molar-refractivity contribution in [3.05, 3.63) is 107 Å². The van der Waals surface area contributed by atoms with Gasteiger partial charge in [0.15, 0.2) is 11.2 Å². The van der Waals surface area contributed by atoms with E-state index in [-0.39, 0.29) is 52.6 Å². The van der Waals surface area contributed by atoms with Gasteiger partial charge in [-0.15, -0.1) is 13.2 Å². The summed E-state index contributed by atoms with van der Waals surface area (Å²) in [7, 11) is 2.56. The van der Waals surface area contributed by atoms with Crippen LogP contribution in [-0.4, -0.2) is 154 Å². The highest BCUT2D eigenvalue weighted by molar-refractivity contribution is 6.31. The lowest BCUT2D eigenvalue weighted by Crippen LogP contribution is -2.56. The first kappa shape index (κ1) is 73.6. The van der Waals surface area contributed by atoms with Gasteiger partial charge in [-0.2, -0.15) is 0 Å². The molecule has 5 heterocycles. The predicted octanol–water partition coefficient (Wildman–Crippen LogP) is 10.6. The van der Waals surface area contributed by atoms with Crippen LogP contribution in [0, 0.1) is 11.8 Å². The first-order chi connectivity index (χ1) is 42.6. The van der Waals surface area contributed by atoms with Gasteiger partial charge in [-0.1, -0.05) is 123 Å². The fourth-order valence-electron chi connectivity index (χ4n) is 12.5. The summed E-state index contributed by atoms with van der Waals surface area (Å²) < 4.78 is 21.0. The van der Waals surface area contributed by atoms with Crippen LogP contribution < -0.4 is 21.3 Å². The number of ether oxygens (including phenoxy) is 4. The molecule has 22 nitrogen and oxygen atoms in total. The Morgan fingerprint density at radius 3 is 1.96 bits per heavy atom. The standard InChI is InChI=1S/C34H45ClN4O7.C32H41ClN4O7.2CH4/c1-7-9-10-11-12-16-25(36-31(43)45-32(3,4)5)29(41)39-21-33(19-26(38-46-33)22-14-13-15-24(35)17-22)20-27(39)28(40)37-34(30(42)44-6)18-23(34)8-2;1-30(2,3)43-29(41)34-23-14-9-7-5-6-8-12-21-16-32(21,28(40)42-4)35-26(38)25-18-31(19-37(25)27(23)39)17-24(36-44-31)20-11-10-13-22(33)15-20;;/h7-8,13-15,17,23,25,27H,1-2,9-12,16,18-21H2,3-6H3,(H,36,43)(H,37,40);8,10-13,15,21,23,25H,5-7,9,14,16-19H2,1-4H3,(H,34,41)(H,35,38);2*1H4/b;12-8-;;/t23-,25+,27+,33-,34-;21-,23+,25+,31-,32-;;/m11../s1. The number of nitrogens with zero attached hydrogens (tertiary/aromatic N) is 4. The number of esters is 2. The number of oxime groups is 2. The Hall–Kier alpha value is -7.46. The number of allylic oxidation sites excluding steroid dienone is 2. The van der Waals surface area contributed by atoms with E-state index in [4.69, 9.17) is 51.8 Å². The fraction of sp³-hybridized carbons (Fsp3) is 0.588. The van der Waals surface area contributed by atoms with E-state index >= 15 is 0 Å². The summed E-state index contributed by atoms with van der Waals surface area (Å²) >= 11 is 12.4. The summed E-state index contributed by atoms with van der Waals surface area (Å²) in [6.45, 7) is 18.1. The minimum absolute atomic E-state index is 0. The molecule has 10 atom stereocenters. The molecular weight excluding hydrogens is 1220 g/mol. The average molecular weight is 1320 g/mol. The second kappa shape index (κ2) is 30.5. The Morgan fingerprint density at radius 2 is 1.39 bits per heavy atom. The maximum Gasteiger partial charge on any atom is 0.408 e. The number of alkyl carbamates (subject to hydrolysis) is 2. The molecule has 0 bridgehead atoms. The van der Waals surface area contributed by atoms with E-state index in [2.05, 4.69) is 44.7 Å². The largest absolute Gasteiger partial charge is 0.467 e. The molecule has 9 rings (SSSR count). The number of amides is 6. The highest BCUT2D eigenvalue weighted by Crippen LogP contribution is 2.48. The Bertz CT molecular complexity index is 3180. The van der Waals surface area contributed by atoms with Gasteiger partial charge in [0.2, 0.25) is 23.6 Å². The van der Waals surface area contributed by atoms with Crippen molar-refractivity contribution in [2.24, 2.45) is 22.1 Å². The third-order valence-electron chi connectivity index (χ3n) is 17.2. The molecule has 2 aliphatic carbocycles. The van der Waals surface area contributed by atoms with Gasteiger partial charge in [-0.3, -0.25) is 19.2 Å². The second-order valence-corrected chi connectivity index (χ2v) is 27.4. The number of carbonyl (C=O) groups is 8. The molecule has 2 saturated carbocycles. The molecule has 4 fully saturated rings. The number of rotatable bonds is 16. The zero-order chi connectivity index (χ0) is 65.4. The molecule has 0 unspecified atom stereocenters. The lowest BCUT2D eigenvalue weighted by Gasteiger charge is -2.30. The summed E-state index contributed by atoms with van der Waals surface area (Å²) in [6.07, 6.45) is 14.8. The van der Waals surface area contributed by atoms with Crippen LogP contribution in [0.15, 0.2) is 96.3 Å². The maximum absolute atomic E-state index is 14.4.